The molecule has 1 amide bonds. The van der Waals surface area contributed by atoms with Gasteiger partial charge in [0.05, 0.1) is 0 Å². The minimum atomic E-state index is -1.01. The van der Waals surface area contributed by atoms with Crippen LogP contribution < -0.4 is 5.32 Å². The summed E-state index contributed by atoms with van der Waals surface area (Å²) in [4.78, 5) is 29.1. The van der Waals surface area contributed by atoms with Crippen molar-refractivity contribution in [3.63, 3.8) is 0 Å². The number of aromatic amines is 1. The maximum absolute atomic E-state index is 11.9. The first-order chi connectivity index (χ1) is 13.1. The first kappa shape index (κ1) is 19.9. The molecule has 0 aromatic carbocycles. The second kappa shape index (κ2) is 10.6. The lowest BCUT2D eigenvalue weighted by atomic mass is 9.96. The number of carboxylic acid groups (broad SMARTS) is 1. The van der Waals surface area contributed by atoms with Gasteiger partial charge in [0, 0.05) is 18.8 Å². The van der Waals surface area contributed by atoms with Gasteiger partial charge in [0.15, 0.2) is 11.5 Å². The van der Waals surface area contributed by atoms with Crippen molar-refractivity contribution < 1.29 is 14.7 Å². The summed E-state index contributed by atoms with van der Waals surface area (Å²) in [7, 11) is 0. The summed E-state index contributed by atoms with van der Waals surface area (Å²) in [5.74, 6) is -1.35. The van der Waals surface area contributed by atoms with Crippen LogP contribution in [0.1, 0.15) is 48.4 Å². The van der Waals surface area contributed by atoms with E-state index in [4.69, 9.17) is 10.4 Å². The second-order valence-electron chi connectivity index (χ2n) is 6.05. The molecule has 0 spiro atoms. The topological polar surface area (TPSA) is 119 Å². The van der Waals surface area contributed by atoms with Crippen molar-refractivity contribution in [2.75, 3.05) is 6.54 Å². The predicted octanol–water partition coefficient (Wildman–Crippen LogP) is 3.03. The lowest BCUT2D eigenvalue weighted by Crippen LogP contribution is -2.24. The number of aromatic nitrogens is 2. The van der Waals surface area contributed by atoms with E-state index in [-0.39, 0.29) is 18.1 Å². The zero-order chi connectivity index (χ0) is 19.5. The molecule has 1 heterocycles. The number of rotatable bonds is 8. The smallest absolute Gasteiger partial charge is 0.328 e. The van der Waals surface area contributed by atoms with Crippen molar-refractivity contribution in [2.45, 2.75) is 32.1 Å². The number of nitrogens with one attached hydrogen (secondary N) is 2. The molecular formula is C20H22N4O3. The van der Waals surface area contributed by atoms with Crippen molar-refractivity contribution in [3.8, 4) is 6.07 Å². The number of carboxylic acids is 1. The Hall–Kier alpha value is -3.40. The van der Waals surface area contributed by atoms with Crippen LogP contribution in [0, 0.1) is 11.3 Å². The summed E-state index contributed by atoms with van der Waals surface area (Å²) < 4.78 is 0. The van der Waals surface area contributed by atoms with Crippen molar-refractivity contribution in [1.82, 2.24) is 15.3 Å². The number of carbonyl (C=O) groups excluding carboxylic acids is 1. The van der Waals surface area contributed by atoms with Crippen molar-refractivity contribution in [3.05, 3.63) is 65.3 Å². The third kappa shape index (κ3) is 7.16. The number of allylic oxidation sites excluding steroid dienone is 6. The Bertz CT molecular complexity index is 838. The highest BCUT2D eigenvalue weighted by Gasteiger charge is 2.08. The fourth-order valence-corrected chi connectivity index (χ4v) is 2.62. The van der Waals surface area contributed by atoms with Crippen LogP contribution in [-0.4, -0.2) is 33.5 Å². The summed E-state index contributed by atoms with van der Waals surface area (Å²) in [6.07, 6.45) is 17.1. The Morgan fingerprint density at radius 1 is 1.33 bits per heavy atom. The fourth-order valence-electron chi connectivity index (χ4n) is 2.62. The van der Waals surface area contributed by atoms with E-state index in [9.17, 15) is 9.59 Å². The van der Waals surface area contributed by atoms with Crippen LogP contribution >= 0.6 is 0 Å². The molecule has 140 valence electrons. The number of hydrogen-bond acceptors (Lipinski definition) is 4. The van der Waals surface area contributed by atoms with Gasteiger partial charge >= 0.3 is 5.97 Å². The standard InChI is InChI=1S/C20H22N4O3/c21-13-17-14-23-19(24-17)20(27)22-12-4-7-16(10-11-18(25)26)9-8-15-5-2-1-3-6-15/h4-5,7,9-11,14H,1-3,6,8,12H2,(H,22,27)(H,23,24)(H,25,26)/b7-4-,11-10+,16-9+. The molecule has 0 atom stereocenters. The molecule has 0 aliphatic heterocycles. The molecule has 0 bridgehead atoms. The van der Waals surface area contributed by atoms with Crippen molar-refractivity contribution in [2.24, 2.45) is 0 Å². The van der Waals surface area contributed by atoms with Gasteiger partial charge < -0.3 is 15.4 Å². The number of hydrogen-bond donors (Lipinski definition) is 3. The number of nitrogens with zero attached hydrogens (tertiary/aromatic N) is 2. The zero-order valence-corrected chi connectivity index (χ0v) is 14.9. The maximum Gasteiger partial charge on any atom is 0.328 e. The highest BCUT2D eigenvalue weighted by Crippen LogP contribution is 2.21. The zero-order valence-electron chi connectivity index (χ0n) is 14.9. The molecule has 27 heavy (non-hydrogen) atoms. The first-order valence-electron chi connectivity index (χ1n) is 8.78. The van der Waals surface area contributed by atoms with E-state index in [1.165, 1.54) is 30.7 Å². The number of imidazole rings is 1. The number of nitriles is 1. The molecular weight excluding hydrogens is 344 g/mol. The molecule has 0 radical (unpaired) electrons. The number of carbonyl (C=O) groups is 2. The van der Waals surface area contributed by atoms with Crippen LogP contribution in [0.5, 0.6) is 0 Å². The molecule has 1 aromatic heterocycles. The summed E-state index contributed by atoms with van der Waals surface area (Å²) >= 11 is 0. The van der Waals surface area contributed by atoms with Crippen LogP contribution in [0.4, 0.5) is 0 Å². The molecule has 0 fully saturated rings. The van der Waals surface area contributed by atoms with Gasteiger partial charge in [0.25, 0.3) is 5.91 Å². The molecule has 3 N–H and O–H groups in total. The van der Waals surface area contributed by atoms with E-state index in [0.717, 1.165) is 30.9 Å². The number of aliphatic carboxylic acids is 1. The molecule has 1 aliphatic carbocycles. The Labute approximate surface area is 157 Å². The minimum absolute atomic E-state index is 0.0747. The van der Waals surface area contributed by atoms with Crippen LogP contribution in [0.25, 0.3) is 0 Å². The van der Waals surface area contributed by atoms with Crippen LogP contribution in [0.15, 0.2) is 53.8 Å². The molecule has 7 nitrogen and oxygen atoms in total. The summed E-state index contributed by atoms with van der Waals surface area (Å²) in [5, 5.41) is 20.2. The third-order valence-corrected chi connectivity index (χ3v) is 4.00. The minimum Gasteiger partial charge on any atom is -0.478 e. The van der Waals surface area contributed by atoms with Crippen LogP contribution in [-0.2, 0) is 4.79 Å². The Kier molecular flexibility index (Phi) is 7.79. The monoisotopic (exact) mass is 366 g/mol. The quantitative estimate of drug-likeness (QED) is 0.371. The summed E-state index contributed by atoms with van der Waals surface area (Å²) in [6, 6.07) is 1.84. The van der Waals surface area contributed by atoms with Gasteiger partial charge in [-0.3, -0.25) is 4.79 Å². The van der Waals surface area contributed by atoms with Gasteiger partial charge in [0.1, 0.15) is 6.07 Å². The SMILES string of the molecule is N#Cc1c[nH]c(C(=O)NC\C=C/C(/C=C/C(=O)O)=C\CC2=CCCCC2)n1. The Morgan fingerprint density at radius 2 is 2.19 bits per heavy atom. The van der Waals surface area contributed by atoms with Gasteiger partial charge in [-0.15, -0.1) is 0 Å². The van der Waals surface area contributed by atoms with E-state index in [0.29, 0.717) is 0 Å². The number of H-pyrrole nitrogens is 1. The van der Waals surface area contributed by atoms with Crippen LogP contribution in [0.2, 0.25) is 0 Å². The Balaban J connectivity index is 1.92. The van der Waals surface area contributed by atoms with Crippen molar-refractivity contribution in [1.29, 1.82) is 5.26 Å². The lowest BCUT2D eigenvalue weighted by Gasteiger charge is -2.10. The molecule has 0 unspecified atom stereocenters. The third-order valence-electron chi connectivity index (χ3n) is 4.00. The fraction of sp³-hybridized carbons (Fsp3) is 0.300. The summed E-state index contributed by atoms with van der Waals surface area (Å²) in [6.45, 7) is 0.252. The van der Waals surface area contributed by atoms with E-state index in [1.54, 1.807) is 12.2 Å². The van der Waals surface area contributed by atoms with E-state index >= 15 is 0 Å². The highest BCUT2D eigenvalue weighted by atomic mass is 16.4. The number of amides is 1. The highest BCUT2D eigenvalue weighted by molar-refractivity contribution is 5.90. The van der Waals surface area contributed by atoms with Crippen LogP contribution in [0.3, 0.4) is 0 Å². The first-order valence-corrected chi connectivity index (χ1v) is 8.78. The van der Waals surface area contributed by atoms with Gasteiger partial charge in [-0.05, 0) is 43.8 Å². The average molecular weight is 366 g/mol. The molecule has 0 saturated carbocycles. The molecule has 0 saturated heterocycles. The largest absolute Gasteiger partial charge is 0.478 e. The predicted molar refractivity (Wildman–Crippen MR) is 101 cm³/mol. The normalized spacial score (nSPS) is 14.9. The second-order valence-corrected chi connectivity index (χ2v) is 6.05. The van der Waals surface area contributed by atoms with Gasteiger partial charge in [-0.1, -0.05) is 29.9 Å². The van der Waals surface area contributed by atoms with E-state index < -0.39 is 11.9 Å². The molecule has 7 heteroatoms. The Morgan fingerprint density at radius 3 is 2.85 bits per heavy atom. The summed E-state index contributed by atoms with van der Waals surface area (Å²) in [5.41, 5.74) is 2.29. The average Bonchev–Trinajstić information content (AvgIpc) is 3.16. The molecule has 2 rings (SSSR count). The molecule has 1 aliphatic rings. The van der Waals surface area contributed by atoms with Gasteiger partial charge in [-0.25, -0.2) is 9.78 Å². The molecule has 1 aromatic rings. The van der Waals surface area contributed by atoms with Gasteiger partial charge in [0.2, 0.25) is 0 Å². The van der Waals surface area contributed by atoms with Crippen molar-refractivity contribution >= 4 is 11.9 Å². The van der Waals surface area contributed by atoms with Gasteiger partial charge in [-0.2, -0.15) is 5.26 Å². The maximum atomic E-state index is 11.9. The van der Waals surface area contributed by atoms with E-state index in [2.05, 4.69) is 21.4 Å². The van der Waals surface area contributed by atoms with E-state index in [1.807, 2.05) is 12.1 Å². The lowest BCUT2D eigenvalue weighted by molar-refractivity contribution is -0.131.